The second kappa shape index (κ2) is 7.09. The molecule has 0 heterocycles. The van der Waals surface area contributed by atoms with E-state index in [0.717, 1.165) is 24.3 Å². The molecule has 0 unspecified atom stereocenters. The van der Waals surface area contributed by atoms with Crippen molar-refractivity contribution in [1.82, 2.24) is 5.43 Å². The Kier molecular flexibility index (Phi) is 6.96. The molecule has 0 aromatic rings. The maximum Gasteiger partial charge on any atom is 0.233 e. The summed E-state index contributed by atoms with van der Waals surface area (Å²) in [7, 11) is 0. The normalized spacial score (nSPS) is 11.4. The van der Waals surface area contributed by atoms with Gasteiger partial charge in [0.2, 0.25) is 5.91 Å². The lowest BCUT2D eigenvalue weighted by Gasteiger charge is -2.17. The van der Waals surface area contributed by atoms with Gasteiger partial charge >= 0.3 is 0 Å². The molecular formula is C9H21N3OS. The zero-order valence-corrected chi connectivity index (χ0v) is 9.82. The van der Waals surface area contributed by atoms with Crippen LogP contribution < -0.4 is 17.0 Å². The fraction of sp³-hybridized carbons (Fsp3) is 0.889. The Morgan fingerprint density at radius 1 is 1.43 bits per heavy atom. The molecule has 1 amide bonds. The third kappa shape index (κ3) is 9.83. The molecule has 4 nitrogen and oxygen atoms in total. The molecule has 0 atom stereocenters. The monoisotopic (exact) mass is 219 g/mol. The average Bonchev–Trinajstić information content (AvgIpc) is 2.08. The van der Waals surface area contributed by atoms with Crippen LogP contribution in [0.1, 0.15) is 33.1 Å². The van der Waals surface area contributed by atoms with Gasteiger partial charge in [-0.1, -0.05) is 0 Å². The molecule has 5 N–H and O–H groups in total. The minimum absolute atomic E-state index is 0.0887. The van der Waals surface area contributed by atoms with Crippen LogP contribution in [0.3, 0.4) is 0 Å². The van der Waals surface area contributed by atoms with Gasteiger partial charge in [-0.25, -0.2) is 5.84 Å². The molecule has 84 valence electrons. The standard InChI is InChI=1S/C9H21N3OS/c1-9(2,10)7-14-6-4-3-5-8(13)12-11/h3-7,10-11H2,1-2H3,(H,12,13). The fourth-order valence-corrected chi connectivity index (χ4v) is 1.98. The zero-order chi connectivity index (χ0) is 11.0. The molecule has 0 aromatic heterocycles. The first kappa shape index (κ1) is 13.7. The van der Waals surface area contributed by atoms with E-state index < -0.39 is 0 Å². The summed E-state index contributed by atoms with van der Waals surface area (Å²) in [5.74, 6) is 6.87. The van der Waals surface area contributed by atoms with Crippen LogP contribution in [0.5, 0.6) is 0 Å². The number of amides is 1. The Morgan fingerprint density at radius 2 is 2.07 bits per heavy atom. The first-order chi connectivity index (χ1) is 6.45. The molecule has 0 rings (SSSR count). The summed E-state index contributed by atoms with van der Waals surface area (Å²) in [5.41, 5.74) is 7.83. The van der Waals surface area contributed by atoms with Crippen molar-refractivity contribution in [2.75, 3.05) is 11.5 Å². The van der Waals surface area contributed by atoms with Crippen LogP contribution in [-0.4, -0.2) is 23.0 Å². The highest BCUT2D eigenvalue weighted by Gasteiger charge is 2.09. The van der Waals surface area contributed by atoms with Crippen molar-refractivity contribution in [2.45, 2.75) is 38.6 Å². The van der Waals surface area contributed by atoms with Gasteiger partial charge in [-0.05, 0) is 32.4 Å². The molecule has 0 bridgehead atoms. The van der Waals surface area contributed by atoms with Gasteiger partial charge in [0.25, 0.3) is 0 Å². The van der Waals surface area contributed by atoms with Crippen molar-refractivity contribution >= 4 is 17.7 Å². The van der Waals surface area contributed by atoms with Crippen LogP contribution in [0, 0.1) is 0 Å². The fourth-order valence-electron chi connectivity index (χ4n) is 0.897. The highest BCUT2D eigenvalue weighted by molar-refractivity contribution is 7.99. The smallest absolute Gasteiger partial charge is 0.233 e. The molecule has 0 spiro atoms. The van der Waals surface area contributed by atoms with Crippen molar-refractivity contribution in [3.8, 4) is 0 Å². The largest absolute Gasteiger partial charge is 0.325 e. The number of nitrogens with one attached hydrogen (secondary N) is 1. The Labute approximate surface area is 90.1 Å². The van der Waals surface area contributed by atoms with Crippen molar-refractivity contribution in [1.29, 1.82) is 0 Å². The molecule has 0 aromatic carbocycles. The molecule has 0 saturated carbocycles. The lowest BCUT2D eigenvalue weighted by atomic mass is 10.1. The van der Waals surface area contributed by atoms with Crippen LogP contribution in [0.25, 0.3) is 0 Å². The maximum atomic E-state index is 10.7. The van der Waals surface area contributed by atoms with Crippen molar-refractivity contribution in [3.05, 3.63) is 0 Å². The predicted octanol–water partition coefficient (Wildman–Crippen LogP) is 0.617. The zero-order valence-electron chi connectivity index (χ0n) is 9.01. The van der Waals surface area contributed by atoms with E-state index in [1.165, 1.54) is 0 Å². The summed E-state index contributed by atoms with van der Waals surface area (Å²) in [5, 5.41) is 0. The van der Waals surface area contributed by atoms with Gasteiger partial charge in [-0.2, -0.15) is 11.8 Å². The Morgan fingerprint density at radius 3 is 2.57 bits per heavy atom. The number of hydrazine groups is 1. The number of hydrogen-bond donors (Lipinski definition) is 3. The lowest BCUT2D eigenvalue weighted by Crippen LogP contribution is -2.34. The van der Waals surface area contributed by atoms with Gasteiger partial charge in [0, 0.05) is 17.7 Å². The SMILES string of the molecule is CC(C)(N)CSCCCCC(=O)NN. The number of carbonyl (C=O) groups excluding carboxylic acids is 1. The quantitative estimate of drug-likeness (QED) is 0.254. The number of nitrogens with two attached hydrogens (primary N) is 2. The lowest BCUT2D eigenvalue weighted by molar-refractivity contribution is -0.121. The highest BCUT2D eigenvalue weighted by atomic mass is 32.2. The van der Waals surface area contributed by atoms with Gasteiger partial charge in [0.05, 0.1) is 0 Å². The number of hydrogen-bond acceptors (Lipinski definition) is 4. The van der Waals surface area contributed by atoms with Crippen LogP contribution in [0.15, 0.2) is 0 Å². The Bertz CT molecular complexity index is 168. The van der Waals surface area contributed by atoms with Crippen LogP contribution in [-0.2, 0) is 4.79 Å². The van der Waals surface area contributed by atoms with E-state index in [-0.39, 0.29) is 11.4 Å². The first-order valence-electron chi connectivity index (χ1n) is 4.82. The second-order valence-electron chi connectivity index (χ2n) is 4.07. The number of carbonyl (C=O) groups is 1. The summed E-state index contributed by atoms with van der Waals surface area (Å²) in [6.45, 7) is 4.03. The molecule has 0 aliphatic carbocycles. The summed E-state index contributed by atoms with van der Waals surface area (Å²) < 4.78 is 0. The average molecular weight is 219 g/mol. The molecule has 0 fully saturated rings. The Hall–Kier alpha value is -0.260. The van der Waals surface area contributed by atoms with E-state index in [0.29, 0.717) is 6.42 Å². The number of rotatable bonds is 7. The minimum Gasteiger partial charge on any atom is -0.325 e. The Balaban J connectivity index is 3.18. The minimum atomic E-state index is -0.0979. The first-order valence-corrected chi connectivity index (χ1v) is 5.97. The van der Waals surface area contributed by atoms with Crippen LogP contribution in [0.2, 0.25) is 0 Å². The van der Waals surface area contributed by atoms with Gasteiger partial charge in [-0.15, -0.1) is 0 Å². The maximum absolute atomic E-state index is 10.7. The molecule has 14 heavy (non-hydrogen) atoms. The van der Waals surface area contributed by atoms with E-state index in [1.54, 1.807) is 0 Å². The third-order valence-corrected chi connectivity index (χ3v) is 3.10. The van der Waals surface area contributed by atoms with E-state index in [2.05, 4.69) is 5.43 Å². The van der Waals surface area contributed by atoms with Gasteiger partial charge in [0.1, 0.15) is 0 Å². The molecule has 5 heteroatoms. The number of unbranched alkanes of at least 4 members (excludes halogenated alkanes) is 1. The number of thioether (sulfide) groups is 1. The second-order valence-corrected chi connectivity index (χ2v) is 5.17. The summed E-state index contributed by atoms with van der Waals surface area (Å²) >= 11 is 1.83. The molecule has 0 aliphatic heterocycles. The van der Waals surface area contributed by atoms with E-state index in [1.807, 2.05) is 25.6 Å². The van der Waals surface area contributed by atoms with Crippen LogP contribution in [0.4, 0.5) is 0 Å². The van der Waals surface area contributed by atoms with Crippen molar-refractivity contribution in [2.24, 2.45) is 11.6 Å². The van der Waals surface area contributed by atoms with Gasteiger partial charge < -0.3 is 5.73 Å². The highest BCUT2D eigenvalue weighted by Crippen LogP contribution is 2.12. The molecule has 0 radical (unpaired) electrons. The van der Waals surface area contributed by atoms with Gasteiger partial charge in [-0.3, -0.25) is 10.2 Å². The third-order valence-electron chi connectivity index (χ3n) is 1.58. The van der Waals surface area contributed by atoms with Crippen molar-refractivity contribution < 1.29 is 4.79 Å². The predicted molar refractivity (Wildman–Crippen MR) is 61.8 cm³/mol. The molecular weight excluding hydrogens is 198 g/mol. The van der Waals surface area contributed by atoms with E-state index in [4.69, 9.17) is 11.6 Å². The summed E-state index contributed by atoms with van der Waals surface area (Å²) in [6, 6.07) is 0. The van der Waals surface area contributed by atoms with Crippen molar-refractivity contribution in [3.63, 3.8) is 0 Å². The molecule has 0 aliphatic rings. The molecule has 0 saturated heterocycles. The van der Waals surface area contributed by atoms with Crippen LogP contribution >= 0.6 is 11.8 Å². The van der Waals surface area contributed by atoms with E-state index >= 15 is 0 Å². The van der Waals surface area contributed by atoms with Gasteiger partial charge in [0.15, 0.2) is 0 Å². The summed E-state index contributed by atoms with van der Waals surface area (Å²) in [6.07, 6.45) is 2.44. The topological polar surface area (TPSA) is 81.1 Å². The van der Waals surface area contributed by atoms with E-state index in [9.17, 15) is 4.79 Å². The summed E-state index contributed by atoms with van der Waals surface area (Å²) in [4.78, 5) is 10.7.